The molecule has 1 heterocycles. The lowest BCUT2D eigenvalue weighted by molar-refractivity contribution is -0.120. The van der Waals surface area contributed by atoms with Crippen LogP contribution in [0.2, 0.25) is 0 Å². The minimum absolute atomic E-state index is 0. The molecule has 1 aliphatic carbocycles. The summed E-state index contributed by atoms with van der Waals surface area (Å²) in [4.78, 5) is 18.8. The smallest absolute Gasteiger partial charge is 0.239 e. The molecule has 156 valence electrons. The Kier molecular flexibility index (Phi) is 9.50. The first-order chi connectivity index (χ1) is 13.2. The maximum atomic E-state index is 12.3. The van der Waals surface area contributed by atoms with Crippen LogP contribution in [0.25, 0.3) is 0 Å². The van der Waals surface area contributed by atoms with Crippen molar-refractivity contribution in [3.05, 3.63) is 35.4 Å². The van der Waals surface area contributed by atoms with Crippen molar-refractivity contribution in [1.82, 2.24) is 15.5 Å². The summed E-state index contributed by atoms with van der Waals surface area (Å²) in [5.41, 5.74) is 2.45. The first-order valence-electron chi connectivity index (χ1n) is 10.1. The lowest BCUT2D eigenvalue weighted by Gasteiger charge is -2.35. The topological polar surface area (TPSA) is 66.0 Å². The maximum absolute atomic E-state index is 12.3. The normalized spacial score (nSPS) is 21.0. The fourth-order valence-corrected chi connectivity index (χ4v) is 4.00. The van der Waals surface area contributed by atoms with Gasteiger partial charge in [0.25, 0.3) is 0 Å². The molecule has 2 N–H and O–H groups in total. The third kappa shape index (κ3) is 6.34. The van der Waals surface area contributed by atoms with E-state index >= 15 is 0 Å². The van der Waals surface area contributed by atoms with E-state index in [1.165, 1.54) is 30.4 Å². The van der Waals surface area contributed by atoms with Gasteiger partial charge in [-0.1, -0.05) is 43.5 Å². The molecule has 2 aliphatic rings. The number of carbonyl (C=O) groups is 1. The summed E-state index contributed by atoms with van der Waals surface area (Å²) in [5, 5.41) is 6.37. The summed E-state index contributed by atoms with van der Waals surface area (Å²) in [7, 11) is 1.76. The van der Waals surface area contributed by atoms with Gasteiger partial charge in [-0.15, -0.1) is 24.0 Å². The number of rotatable bonds is 4. The number of morpholine rings is 1. The average Bonchev–Trinajstić information content (AvgIpc) is 2.70. The number of aryl methyl sites for hydroxylation is 1. The Hall–Kier alpha value is -1.35. The van der Waals surface area contributed by atoms with Gasteiger partial charge in [-0.05, 0) is 30.9 Å². The van der Waals surface area contributed by atoms with E-state index in [-0.39, 0.29) is 42.5 Å². The van der Waals surface area contributed by atoms with Crippen LogP contribution in [0.4, 0.5) is 0 Å². The number of nitrogens with one attached hydrogen (secondary N) is 2. The summed E-state index contributed by atoms with van der Waals surface area (Å²) in [6.45, 7) is 4.52. The predicted molar refractivity (Wildman–Crippen MR) is 123 cm³/mol. The number of aliphatic imine (C=N–C) groups is 1. The van der Waals surface area contributed by atoms with Gasteiger partial charge < -0.3 is 20.3 Å². The Morgan fingerprint density at radius 1 is 1.25 bits per heavy atom. The number of carbonyl (C=O) groups excluding carboxylic acids is 1. The molecule has 1 saturated heterocycles. The number of benzene rings is 1. The molecule has 1 amide bonds. The molecule has 0 aromatic heterocycles. The van der Waals surface area contributed by atoms with Gasteiger partial charge in [-0.2, -0.15) is 0 Å². The van der Waals surface area contributed by atoms with E-state index in [2.05, 4.69) is 39.6 Å². The number of nitrogens with zero attached hydrogens (tertiary/aromatic N) is 2. The van der Waals surface area contributed by atoms with Crippen molar-refractivity contribution < 1.29 is 9.53 Å². The van der Waals surface area contributed by atoms with Crippen molar-refractivity contribution in [2.24, 2.45) is 4.99 Å². The zero-order valence-corrected chi connectivity index (χ0v) is 19.3. The average molecular weight is 500 g/mol. The molecule has 0 radical (unpaired) electrons. The second-order valence-electron chi connectivity index (χ2n) is 7.47. The van der Waals surface area contributed by atoms with Gasteiger partial charge in [0.2, 0.25) is 5.91 Å². The molecule has 1 aliphatic heterocycles. The molecule has 1 aromatic rings. The number of guanidine groups is 1. The van der Waals surface area contributed by atoms with E-state index in [1.54, 1.807) is 7.05 Å². The van der Waals surface area contributed by atoms with Crippen LogP contribution in [0.1, 0.15) is 49.3 Å². The quantitative estimate of drug-likeness (QED) is 0.379. The first kappa shape index (κ1) is 22.9. The van der Waals surface area contributed by atoms with Gasteiger partial charge in [-0.3, -0.25) is 9.79 Å². The monoisotopic (exact) mass is 500 g/mol. The van der Waals surface area contributed by atoms with E-state index in [0.717, 1.165) is 31.9 Å². The molecule has 28 heavy (non-hydrogen) atoms. The molecular formula is C21H33IN4O2. The number of ether oxygens (including phenoxy) is 1. The predicted octanol–water partition coefficient (Wildman–Crippen LogP) is 3.01. The summed E-state index contributed by atoms with van der Waals surface area (Å²) in [5.74, 6) is 0.808. The zero-order valence-electron chi connectivity index (χ0n) is 16.9. The Labute approximate surface area is 185 Å². The Morgan fingerprint density at radius 2 is 2.00 bits per heavy atom. The van der Waals surface area contributed by atoms with Crippen LogP contribution < -0.4 is 10.6 Å². The SMILES string of the molecule is CN=C(NCC(=O)NC1CCCCC1)N1CCOC(c2ccccc2C)C1.I. The molecule has 3 rings (SSSR count). The van der Waals surface area contributed by atoms with Crippen molar-refractivity contribution >= 4 is 35.8 Å². The van der Waals surface area contributed by atoms with Crippen LogP contribution in [0.5, 0.6) is 0 Å². The molecular weight excluding hydrogens is 467 g/mol. The van der Waals surface area contributed by atoms with E-state index in [9.17, 15) is 4.79 Å². The van der Waals surface area contributed by atoms with E-state index in [4.69, 9.17) is 4.74 Å². The molecule has 0 spiro atoms. The van der Waals surface area contributed by atoms with Crippen molar-refractivity contribution in [2.75, 3.05) is 33.3 Å². The van der Waals surface area contributed by atoms with Crippen LogP contribution in [-0.2, 0) is 9.53 Å². The molecule has 1 atom stereocenters. The summed E-state index contributed by atoms with van der Waals surface area (Å²) in [6, 6.07) is 8.67. The largest absolute Gasteiger partial charge is 0.370 e. The Morgan fingerprint density at radius 3 is 2.71 bits per heavy atom. The summed E-state index contributed by atoms with van der Waals surface area (Å²) < 4.78 is 5.99. The molecule has 7 heteroatoms. The second kappa shape index (κ2) is 11.6. The molecule has 1 saturated carbocycles. The number of hydrogen-bond acceptors (Lipinski definition) is 3. The van der Waals surface area contributed by atoms with Crippen molar-refractivity contribution in [1.29, 1.82) is 0 Å². The Balaban J connectivity index is 0.00000280. The number of halogens is 1. The summed E-state index contributed by atoms with van der Waals surface area (Å²) in [6.07, 6.45) is 5.94. The van der Waals surface area contributed by atoms with Gasteiger partial charge in [0, 0.05) is 19.6 Å². The molecule has 6 nitrogen and oxygen atoms in total. The number of hydrogen-bond donors (Lipinski definition) is 2. The van der Waals surface area contributed by atoms with E-state index in [1.807, 2.05) is 12.1 Å². The van der Waals surface area contributed by atoms with E-state index < -0.39 is 0 Å². The third-order valence-corrected chi connectivity index (χ3v) is 5.49. The van der Waals surface area contributed by atoms with Crippen LogP contribution in [0, 0.1) is 6.92 Å². The molecule has 1 aromatic carbocycles. The van der Waals surface area contributed by atoms with Gasteiger partial charge >= 0.3 is 0 Å². The highest BCUT2D eigenvalue weighted by Gasteiger charge is 2.25. The fourth-order valence-electron chi connectivity index (χ4n) is 4.00. The second-order valence-corrected chi connectivity index (χ2v) is 7.47. The van der Waals surface area contributed by atoms with Gasteiger partial charge in [0.15, 0.2) is 5.96 Å². The molecule has 2 fully saturated rings. The van der Waals surface area contributed by atoms with E-state index in [0.29, 0.717) is 12.6 Å². The van der Waals surface area contributed by atoms with Crippen LogP contribution in [0.3, 0.4) is 0 Å². The lowest BCUT2D eigenvalue weighted by Crippen LogP contribution is -2.51. The fraction of sp³-hybridized carbons (Fsp3) is 0.619. The summed E-state index contributed by atoms with van der Waals surface area (Å²) >= 11 is 0. The lowest BCUT2D eigenvalue weighted by atomic mass is 9.95. The first-order valence-corrected chi connectivity index (χ1v) is 10.1. The van der Waals surface area contributed by atoms with Crippen molar-refractivity contribution in [2.45, 2.75) is 51.2 Å². The highest BCUT2D eigenvalue weighted by Crippen LogP contribution is 2.25. The number of amides is 1. The highest BCUT2D eigenvalue weighted by molar-refractivity contribution is 14.0. The highest BCUT2D eigenvalue weighted by atomic mass is 127. The van der Waals surface area contributed by atoms with Crippen molar-refractivity contribution in [3.63, 3.8) is 0 Å². The van der Waals surface area contributed by atoms with Gasteiger partial charge in [-0.25, -0.2) is 0 Å². The van der Waals surface area contributed by atoms with Crippen LogP contribution >= 0.6 is 24.0 Å². The van der Waals surface area contributed by atoms with Crippen LogP contribution in [-0.4, -0.2) is 56.1 Å². The molecule has 0 bridgehead atoms. The van der Waals surface area contributed by atoms with Crippen LogP contribution in [0.15, 0.2) is 29.3 Å². The Bertz CT molecular complexity index is 662. The minimum atomic E-state index is 0. The third-order valence-electron chi connectivity index (χ3n) is 5.49. The van der Waals surface area contributed by atoms with Gasteiger partial charge in [0.1, 0.15) is 6.10 Å². The zero-order chi connectivity index (χ0) is 19.1. The standard InChI is InChI=1S/C21H32N4O2.HI/c1-16-8-6-7-11-18(16)19-15-25(12-13-27-19)21(22-2)23-14-20(26)24-17-9-4-3-5-10-17;/h6-8,11,17,19H,3-5,9-10,12-15H2,1-2H3,(H,22,23)(H,24,26);1H. The van der Waals surface area contributed by atoms with Gasteiger partial charge in [0.05, 0.1) is 19.7 Å². The van der Waals surface area contributed by atoms with Crippen molar-refractivity contribution in [3.8, 4) is 0 Å². The maximum Gasteiger partial charge on any atom is 0.239 e. The molecule has 1 unspecified atom stereocenters. The minimum Gasteiger partial charge on any atom is -0.370 e.